The summed E-state index contributed by atoms with van der Waals surface area (Å²) in [7, 11) is -4.54. The summed E-state index contributed by atoms with van der Waals surface area (Å²) >= 11 is 0. The van der Waals surface area contributed by atoms with Crippen LogP contribution in [0, 0.1) is 0 Å². The molecule has 19 heavy (non-hydrogen) atoms. The third-order valence-corrected chi connectivity index (χ3v) is 4.15. The molecule has 1 fully saturated rings. The number of likely N-dealkylation sites (tertiary alicyclic amines) is 1. The number of benzene rings is 1. The SMILES string of the molecule is [2H]C([2H])([2H])C([2H])([2H])C([2H])([2H])N1CCCC(c2cccc(S(=O)(=O)C([2H])([2H])[2H])c2)C1. The van der Waals surface area contributed by atoms with Gasteiger partial charge in [-0.05, 0) is 55.9 Å². The molecule has 1 unspecified atom stereocenters. The van der Waals surface area contributed by atoms with Crippen LogP contribution in [0.15, 0.2) is 29.2 Å². The average Bonchev–Trinajstić information content (AvgIpc) is 2.60. The van der Waals surface area contributed by atoms with Crippen LogP contribution in [0.4, 0.5) is 0 Å². The Hall–Kier alpha value is -0.870. The third-order valence-electron chi connectivity index (χ3n) is 3.28. The Balaban J connectivity index is 2.34. The van der Waals surface area contributed by atoms with Crippen LogP contribution in [0.5, 0.6) is 0 Å². The van der Waals surface area contributed by atoms with Crippen LogP contribution in [0.2, 0.25) is 0 Å². The van der Waals surface area contributed by atoms with Crippen molar-refractivity contribution >= 4 is 9.84 Å². The fraction of sp³-hybridized carbons (Fsp3) is 0.600. The number of rotatable bonds is 4. The summed E-state index contributed by atoms with van der Waals surface area (Å²) in [5.74, 6) is -0.405. The van der Waals surface area contributed by atoms with Crippen molar-refractivity contribution in [3.8, 4) is 0 Å². The molecule has 0 bridgehead atoms. The highest BCUT2D eigenvalue weighted by atomic mass is 32.2. The van der Waals surface area contributed by atoms with Crippen molar-refractivity contribution in [1.29, 1.82) is 0 Å². The van der Waals surface area contributed by atoms with Crippen LogP contribution in [0.3, 0.4) is 0 Å². The van der Waals surface area contributed by atoms with E-state index >= 15 is 0 Å². The van der Waals surface area contributed by atoms with E-state index in [2.05, 4.69) is 0 Å². The smallest absolute Gasteiger partial charge is 0.175 e. The van der Waals surface area contributed by atoms with Gasteiger partial charge >= 0.3 is 0 Å². The number of hydrogen-bond donors (Lipinski definition) is 0. The zero-order chi connectivity index (χ0) is 22.5. The minimum atomic E-state index is -4.54. The number of nitrogens with zero attached hydrogens (tertiary/aromatic N) is 1. The number of sulfone groups is 1. The van der Waals surface area contributed by atoms with Gasteiger partial charge in [-0.1, -0.05) is 19.0 Å². The van der Waals surface area contributed by atoms with E-state index in [4.69, 9.17) is 13.7 Å². The molecule has 1 saturated heterocycles. The molecular formula is C15H23NO2S. The molecule has 0 aromatic heterocycles. The molecule has 1 aliphatic heterocycles. The maximum absolute atomic E-state index is 12.2. The molecular weight excluding hydrogens is 258 g/mol. The zero-order valence-electron chi connectivity index (χ0n) is 20.4. The summed E-state index contributed by atoms with van der Waals surface area (Å²) in [4.78, 5) is 0.756. The van der Waals surface area contributed by atoms with Crippen molar-refractivity contribution < 1.29 is 22.1 Å². The van der Waals surface area contributed by atoms with E-state index in [1.165, 1.54) is 18.2 Å². The second kappa shape index (κ2) is 6.06. The molecule has 0 aliphatic carbocycles. The highest BCUT2D eigenvalue weighted by Crippen LogP contribution is 2.28. The summed E-state index contributed by atoms with van der Waals surface area (Å²) in [5.41, 5.74) is 0.477. The van der Waals surface area contributed by atoms with Crippen LogP contribution in [-0.2, 0) is 9.84 Å². The lowest BCUT2D eigenvalue weighted by atomic mass is 9.90. The van der Waals surface area contributed by atoms with Crippen LogP contribution < -0.4 is 0 Å². The Bertz CT molecular complexity index is 847. The van der Waals surface area contributed by atoms with E-state index in [-0.39, 0.29) is 18.0 Å². The highest BCUT2D eigenvalue weighted by Gasteiger charge is 2.21. The Kier molecular flexibility index (Phi) is 2.00. The molecule has 0 N–H and O–H groups in total. The molecule has 106 valence electrons. The standard InChI is InChI=1S/C15H23NO2S/c1-3-9-16-10-5-7-14(12-16)13-6-4-8-15(11-13)19(2,17)18/h4,6,8,11,14H,3,5,7,9-10,12H2,1-2H3/i1D3,2D3,3D2,9D2. The molecule has 3 nitrogen and oxygen atoms in total. The first-order chi connectivity index (χ1) is 12.9. The normalized spacial score (nSPS) is 32.1. The van der Waals surface area contributed by atoms with Crippen LogP contribution >= 0.6 is 0 Å². The molecule has 1 aliphatic rings. The second-order valence-corrected chi connectivity index (χ2v) is 6.08. The topological polar surface area (TPSA) is 37.4 Å². The fourth-order valence-corrected chi connectivity index (χ4v) is 2.91. The minimum absolute atomic E-state index is 0.0279. The van der Waals surface area contributed by atoms with Gasteiger partial charge in [0.1, 0.15) is 0 Å². The van der Waals surface area contributed by atoms with Gasteiger partial charge in [0.05, 0.1) is 4.90 Å². The molecule has 0 saturated carbocycles. The quantitative estimate of drug-likeness (QED) is 0.856. The van der Waals surface area contributed by atoms with Gasteiger partial charge in [0.25, 0.3) is 0 Å². The van der Waals surface area contributed by atoms with E-state index < -0.39 is 41.7 Å². The molecule has 1 heterocycles. The molecule has 0 amide bonds. The van der Waals surface area contributed by atoms with Gasteiger partial charge in [-0.3, -0.25) is 0 Å². The van der Waals surface area contributed by atoms with E-state index in [1.54, 1.807) is 6.07 Å². The number of piperidine rings is 1. The van der Waals surface area contributed by atoms with E-state index in [9.17, 15) is 8.42 Å². The summed E-state index contributed by atoms with van der Waals surface area (Å²) in [6, 6.07) is 5.42. The van der Waals surface area contributed by atoms with Gasteiger partial charge in [-0.25, -0.2) is 8.42 Å². The first-order valence-electron chi connectivity index (χ1n) is 11.0. The Morgan fingerprint density at radius 2 is 2.42 bits per heavy atom. The van der Waals surface area contributed by atoms with E-state index in [1.807, 2.05) is 0 Å². The maximum atomic E-state index is 12.2. The van der Waals surface area contributed by atoms with Crippen molar-refractivity contribution in [2.24, 2.45) is 0 Å². The predicted octanol–water partition coefficient (Wildman–Crippen LogP) is 2.68. The van der Waals surface area contributed by atoms with E-state index in [0.717, 1.165) is 4.90 Å². The van der Waals surface area contributed by atoms with Crippen molar-refractivity contribution in [2.75, 3.05) is 25.8 Å². The zero-order valence-corrected chi connectivity index (χ0v) is 11.2. The van der Waals surface area contributed by atoms with Crippen molar-refractivity contribution in [1.82, 2.24) is 4.90 Å². The average molecular weight is 291 g/mol. The molecule has 1 aromatic carbocycles. The highest BCUT2D eigenvalue weighted by molar-refractivity contribution is 7.90. The molecule has 2 rings (SSSR count). The summed E-state index contributed by atoms with van der Waals surface area (Å²) in [5, 5.41) is 0. The van der Waals surface area contributed by atoms with Gasteiger partial charge in [0, 0.05) is 26.4 Å². The summed E-state index contributed by atoms with van der Waals surface area (Å²) in [6.07, 6.45) is -5.34. The van der Waals surface area contributed by atoms with Crippen LogP contribution in [-0.4, -0.2) is 39.1 Å². The van der Waals surface area contributed by atoms with Gasteiger partial charge in [0.15, 0.2) is 9.84 Å². The van der Waals surface area contributed by atoms with Gasteiger partial charge in [-0.2, -0.15) is 0 Å². The minimum Gasteiger partial charge on any atom is -0.303 e. The largest absolute Gasteiger partial charge is 0.303 e. The van der Waals surface area contributed by atoms with Gasteiger partial charge in [-0.15, -0.1) is 0 Å². The number of hydrogen-bond acceptors (Lipinski definition) is 3. The lowest BCUT2D eigenvalue weighted by Gasteiger charge is -2.32. The first kappa shape index (κ1) is 6.27. The van der Waals surface area contributed by atoms with Gasteiger partial charge in [0.2, 0.25) is 0 Å². The van der Waals surface area contributed by atoms with E-state index in [0.29, 0.717) is 18.4 Å². The monoisotopic (exact) mass is 291 g/mol. The Morgan fingerprint density at radius 3 is 3.21 bits per heavy atom. The molecule has 0 spiro atoms. The lowest BCUT2D eigenvalue weighted by Crippen LogP contribution is -2.34. The maximum Gasteiger partial charge on any atom is 0.175 e. The Labute approximate surface area is 130 Å². The Morgan fingerprint density at radius 1 is 1.53 bits per heavy atom. The molecule has 0 radical (unpaired) electrons. The molecule has 1 aromatic rings. The van der Waals surface area contributed by atoms with Crippen molar-refractivity contribution in [3.05, 3.63) is 29.8 Å². The van der Waals surface area contributed by atoms with Crippen LogP contribution in [0.25, 0.3) is 0 Å². The fourth-order valence-electron chi connectivity index (χ4n) is 2.37. The van der Waals surface area contributed by atoms with Crippen molar-refractivity contribution in [3.63, 3.8) is 0 Å². The lowest BCUT2D eigenvalue weighted by molar-refractivity contribution is 0.208. The summed E-state index contributed by atoms with van der Waals surface area (Å²) < 4.78 is 100. The van der Waals surface area contributed by atoms with Gasteiger partial charge < -0.3 is 4.90 Å². The summed E-state index contributed by atoms with van der Waals surface area (Å²) in [6.45, 7) is -5.83. The molecule has 4 heteroatoms. The first-order valence-corrected chi connectivity index (χ1v) is 7.51. The second-order valence-electron chi connectivity index (χ2n) is 4.60. The third kappa shape index (κ3) is 3.80. The van der Waals surface area contributed by atoms with Crippen molar-refractivity contribution in [2.45, 2.75) is 36.9 Å². The van der Waals surface area contributed by atoms with Crippen LogP contribution in [0.1, 0.15) is 51.3 Å². The predicted molar refractivity (Wildman–Crippen MR) is 78.3 cm³/mol. The molecule has 1 atom stereocenters.